The van der Waals surface area contributed by atoms with E-state index < -0.39 is 25.2 Å². The summed E-state index contributed by atoms with van der Waals surface area (Å²) in [5.41, 5.74) is 0.416. The normalized spacial score (nSPS) is 11.1. The lowest BCUT2D eigenvalue weighted by Gasteiger charge is -2.11. The van der Waals surface area contributed by atoms with Crippen molar-refractivity contribution in [1.82, 2.24) is 5.32 Å². The summed E-state index contributed by atoms with van der Waals surface area (Å²) in [5.74, 6) is -0.120. The van der Waals surface area contributed by atoms with Gasteiger partial charge in [0.05, 0.1) is 25.9 Å². The number of halogens is 3. The highest BCUT2D eigenvalue weighted by atomic mass is 19.4. The van der Waals surface area contributed by atoms with Crippen LogP contribution in [0.1, 0.15) is 0 Å². The van der Waals surface area contributed by atoms with Crippen molar-refractivity contribution in [1.29, 1.82) is 0 Å². The van der Waals surface area contributed by atoms with Crippen LogP contribution >= 0.6 is 0 Å². The molecule has 0 atom stereocenters. The molecule has 0 spiro atoms. The Balaban J connectivity index is 2.45. The number of methoxy groups -OCH3 is 1. The molecule has 0 unspecified atom stereocenters. The summed E-state index contributed by atoms with van der Waals surface area (Å²) >= 11 is 0. The summed E-state index contributed by atoms with van der Waals surface area (Å²) in [7, 11) is 1.44. The fraction of sp³-hybridized carbons (Fsp3) is 0.364. The highest BCUT2D eigenvalue weighted by molar-refractivity contribution is 5.93. The van der Waals surface area contributed by atoms with E-state index in [0.29, 0.717) is 11.4 Å². The van der Waals surface area contributed by atoms with Crippen molar-refractivity contribution in [2.24, 2.45) is 0 Å². The Morgan fingerprint density at radius 2 is 2.00 bits per heavy atom. The van der Waals surface area contributed by atoms with Gasteiger partial charge in [0.25, 0.3) is 0 Å². The Bertz CT molecular complexity index is 408. The largest absolute Gasteiger partial charge is 0.495 e. The first-order valence-corrected chi connectivity index (χ1v) is 5.13. The number of para-hydroxylation sites is 2. The number of hydrogen-bond acceptors (Lipinski definition) is 3. The first-order chi connectivity index (χ1) is 8.42. The minimum Gasteiger partial charge on any atom is -0.495 e. The van der Waals surface area contributed by atoms with Crippen molar-refractivity contribution in [2.75, 3.05) is 25.5 Å². The zero-order chi connectivity index (χ0) is 13.6. The maximum Gasteiger partial charge on any atom is 0.401 e. The Morgan fingerprint density at radius 3 is 2.61 bits per heavy atom. The van der Waals surface area contributed by atoms with Crippen molar-refractivity contribution < 1.29 is 22.7 Å². The molecule has 0 heterocycles. The first-order valence-electron chi connectivity index (χ1n) is 5.13. The smallest absolute Gasteiger partial charge is 0.401 e. The average molecular weight is 262 g/mol. The molecule has 0 radical (unpaired) electrons. The molecule has 0 aromatic heterocycles. The molecule has 0 saturated heterocycles. The summed E-state index contributed by atoms with van der Waals surface area (Å²) in [4.78, 5) is 11.4. The molecule has 1 amide bonds. The second kappa shape index (κ2) is 6.25. The fourth-order valence-corrected chi connectivity index (χ4v) is 1.26. The Labute approximate surface area is 102 Å². The standard InChI is InChI=1S/C11H13F3N2O2/c1-18-9-5-3-2-4-8(9)16-10(17)6-15-7-11(12,13)14/h2-5,15H,6-7H2,1H3,(H,16,17). The highest BCUT2D eigenvalue weighted by Crippen LogP contribution is 2.22. The van der Waals surface area contributed by atoms with Gasteiger partial charge in [-0.3, -0.25) is 4.79 Å². The predicted molar refractivity (Wildman–Crippen MR) is 60.5 cm³/mol. The molecule has 18 heavy (non-hydrogen) atoms. The second-order valence-corrected chi connectivity index (χ2v) is 3.47. The summed E-state index contributed by atoms with van der Waals surface area (Å²) in [5, 5.41) is 4.46. The zero-order valence-corrected chi connectivity index (χ0v) is 9.67. The van der Waals surface area contributed by atoms with Gasteiger partial charge in [0.1, 0.15) is 5.75 Å². The molecule has 100 valence electrons. The van der Waals surface area contributed by atoms with Crippen LogP contribution in [0.15, 0.2) is 24.3 Å². The zero-order valence-electron chi connectivity index (χ0n) is 9.67. The lowest BCUT2D eigenvalue weighted by atomic mass is 10.3. The SMILES string of the molecule is COc1ccccc1NC(=O)CNCC(F)(F)F. The second-order valence-electron chi connectivity index (χ2n) is 3.47. The Hall–Kier alpha value is -1.76. The van der Waals surface area contributed by atoms with Crippen LogP contribution in [0.3, 0.4) is 0 Å². The molecule has 1 aromatic rings. The minimum atomic E-state index is -4.33. The van der Waals surface area contributed by atoms with Crippen LogP contribution in [0, 0.1) is 0 Å². The lowest BCUT2D eigenvalue weighted by molar-refractivity contribution is -0.126. The van der Waals surface area contributed by atoms with Crippen molar-refractivity contribution in [3.8, 4) is 5.75 Å². The van der Waals surface area contributed by atoms with Gasteiger partial charge in [-0.05, 0) is 12.1 Å². The number of amides is 1. The van der Waals surface area contributed by atoms with E-state index in [2.05, 4.69) is 5.32 Å². The van der Waals surface area contributed by atoms with E-state index in [1.165, 1.54) is 7.11 Å². The van der Waals surface area contributed by atoms with E-state index in [4.69, 9.17) is 4.74 Å². The molecular formula is C11H13F3N2O2. The average Bonchev–Trinajstić information content (AvgIpc) is 2.28. The number of benzene rings is 1. The third-order valence-electron chi connectivity index (χ3n) is 1.99. The minimum absolute atomic E-state index is 0.416. The molecule has 2 N–H and O–H groups in total. The number of hydrogen-bond donors (Lipinski definition) is 2. The highest BCUT2D eigenvalue weighted by Gasteiger charge is 2.26. The first kappa shape index (κ1) is 14.3. The molecule has 4 nitrogen and oxygen atoms in total. The van der Waals surface area contributed by atoms with E-state index in [0.717, 1.165) is 0 Å². The topological polar surface area (TPSA) is 50.4 Å². The molecular weight excluding hydrogens is 249 g/mol. The van der Waals surface area contributed by atoms with Gasteiger partial charge in [-0.2, -0.15) is 13.2 Å². The van der Waals surface area contributed by atoms with Crippen LogP contribution in [0.2, 0.25) is 0 Å². The molecule has 0 aliphatic rings. The van der Waals surface area contributed by atoms with E-state index >= 15 is 0 Å². The number of carbonyl (C=O) groups is 1. The third kappa shape index (κ3) is 5.05. The summed E-state index contributed by atoms with van der Waals surface area (Å²) in [6.07, 6.45) is -4.33. The van der Waals surface area contributed by atoms with Crippen LogP contribution in [0.5, 0.6) is 5.75 Å². The Morgan fingerprint density at radius 1 is 1.33 bits per heavy atom. The van der Waals surface area contributed by atoms with Crippen LogP contribution in [-0.2, 0) is 4.79 Å². The molecule has 1 rings (SSSR count). The summed E-state index contributed by atoms with van der Waals surface area (Å²) in [6, 6.07) is 6.64. The van der Waals surface area contributed by atoms with E-state index in [1.54, 1.807) is 24.3 Å². The van der Waals surface area contributed by atoms with Crippen LogP contribution in [0.25, 0.3) is 0 Å². The van der Waals surface area contributed by atoms with Gasteiger partial charge in [-0.15, -0.1) is 0 Å². The molecule has 0 aliphatic heterocycles. The summed E-state index contributed by atoms with van der Waals surface area (Å²) < 4.78 is 40.5. The lowest BCUT2D eigenvalue weighted by Crippen LogP contribution is -2.35. The fourth-order valence-electron chi connectivity index (χ4n) is 1.26. The number of anilines is 1. The van der Waals surface area contributed by atoms with Gasteiger partial charge in [-0.1, -0.05) is 12.1 Å². The number of ether oxygens (including phenoxy) is 1. The monoisotopic (exact) mass is 262 g/mol. The van der Waals surface area contributed by atoms with Gasteiger partial charge in [0, 0.05) is 0 Å². The van der Waals surface area contributed by atoms with Crippen LogP contribution in [-0.4, -0.2) is 32.3 Å². The number of nitrogens with one attached hydrogen (secondary N) is 2. The van der Waals surface area contributed by atoms with Gasteiger partial charge < -0.3 is 15.4 Å². The van der Waals surface area contributed by atoms with Crippen molar-refractivity contribution in [2.45, 2.75) is 6.18 Å². The van der Waals surface area contributed by atoms with Crippen molar-refractivity contribution in [3.05, 3.63) is 24.3 Å². The van der Waals surface area contributed by atoms with E-state index in [1.807, 2.05) is 5.32 Å². The summed E-state index contributed by atoms with van der Waals surface area (Å²) in [6.45, 7) is -1.62. The van der Waals surface area contributed by atoms with Crippen LogP contribution in [0.4, 0.5) is 18.9 Å². The maximum atomic E-state index is 11.8. The maximum absolute atomic E-state index is 11.8. The number of alkyl halides is 3. The molecule has 0 aliphatic carbocycles. The quantitative estimate of drug-likeness (QED) is 0.850. The van der Waals surface area contributed by atoms with Crippen molar-refractivity contribution >= 4 is 11.6 Å². The molecule has 0 bridgehead atoms. The predicted octanol–water partition coefficient (Wildman–Crippen LogP) is 1.79. The van der Waals surface area contributed by atoms with E-state index in [-0.39, 0.29) is 0 Å². The Kier molecular flexibility index (Phi) is 4.96. The van der Waals surface area contributed by atoms with Gasteiger partial charge in [0.2, 0.25) is 5.91 Å². The van der Waals surface area contributed by atoms with Gasteiger partial charge in [-0.25, -0.2) is 0 Å². The number of rotatable bonds is 5. The van der Waals surface area contributed by atoms with Crippen LogP contribution < -0.4 is 15.4 Å². The molecule has 7 heteroatoms. The van der Waals surface area contributed by atoms with Gasteiger partial charge >= 0.3 is 6.18 Å². The molecule has 1 aromatic carbocycles. The molecule has 0 fully saturated rings. The number of carbonyl (C=O) groups excluding carboxylic acids is 1. The van der Waals surface area contributed by atoms with Crippen molar-refractivity contribution in [3.63, 3.8) is 0 Å². The third-order valence-corrected chi connectivity index (χ3v) is 1.99. The van der Waals surface area contributed by atoms with E-state index in [9.17, 15) is 18.0 Å². The van der Waals surface area contributed by atoms with Gasteiger partial charge in [0.15, 0.2) is 0 Å². The molecule has 0 saturated carbocycles.